The summed E-state index contributed by atoms with van der Waals surface area (Å²) in [7, 11) is 0. The highest BCUT2D eigenvalue weighted by Gasteiger charge is 2.53. The van der Waals surface area contributed by atoms with Crippen LogP contribution in [0.2, 0.25) is 0 Å². The summed E-state index contributed by atoms with van der Waals surface area (Å²) < 4.78 is 5.49. The quantitative estimate of drug-likeness (QED) is 0.616. The number of hydrogen-bond donors (Lipinski definition) is 0. The predicted molar refractivity (Wildman–Crippen MR) is 65.9 cm³/mol. The monoisotopic (exact) mass is 221 g/mol. The molecule has 2 heteroatoms. The van der Waals surface area contributed by atoms with E-state index in [0.717, 1.165) is 19.1 Å². The molecular weight excluding hydrogens is 198 g/mol. The summed E-state index contributed by atoms with van der Waals surface area (Å²) in [6, 6.07) is 0.617. The van der Waals surface area contributed by atoms with Crippen LogP contribution in [0.4, 0.5) is 0 Å². The predicted octanol–water partition coefficient (Wildman–Crippen LogP) is 3.06. The Morgan fingerprint density at radius 2 is 2.06 bits per heavy atom. The summed E-state index contributed by atoms with van der Waals surface area (Å²) >= 11 is 0. The summed E-state index contributed by atoms with van der Waals surface area (Å²) in [6.07, 6.45) is 5.27. The van der Waals surface area contributed by atoms with Gasteiger partial charge < -0.3 is 4.74 Å². The van der Waals surface area contributed by atoms with Gasteiger partial charge in [0, 0.05) is 11.1 Å². The van der Waals surface area contributed by atoms with Gasteiger partial charge in [0.25, 0.3) is 0 Å². The van der Waals surface area contributed by atoms with Gasteiger partial charge >= 0.3 is 0 Å². The van der Waals surface area contributed by atoms with Crippen molar-refractivity contribution in [3.63, 3.8) is 0 Å². The van der Waals surface area contributed by atoms with E-state index >= 15 is 0 Å². The number of nitrogens with zero attached hydrogens (tertiary/aromatic N) is 1. The Bertz CT molecular complexity index is 322. The number of hydrogen-bond acceptors (Lipinski definition) is 2. The maximum atomic E-state index is 5.49. The molecule has 0 N–H and O–H groups in total. The van der Waals surface area contributed by atoms with Crippen LogP contribution in [0.15, 0.2) is 4.99 Å². The Morgan fingerprint density at radius 3 is 2.62 bits per heavy atom. The molecule has 3 rings (SSSR count). The van der Waals surface area contributed by atoms with E-state index < -0.39 is 0 Å². The molecule has 1 saturated carbocycles. The van der Waals surface area contributed by atoms with Crippen LogP contribution in [0.1, 0.15) is 46.5 Å². The minimum absolute atomic E-state index is 0.267. The molecule has 90 valence electrons. The maximum absolute atomic E-state index is 5.49. The number of ether oxygens (including phenoxy) is 1. The topological polar surface area (TPSA) is 21.6 Å². The van der Waals surface area contributed by atoms with Gasteiger partial charge in [0.2, 0.25) is 0 Å². The lowest BCUT2D eigenvalue weighted by Gasteiger charge is -2.50. The van der Waals surface area contributed by atoms with Gasteiger partial charge in [-0.2, -0.15) is 0 Å². The van der Waals surface area contributed by atoms with Crippen molar-refractivity contribution in [3.05, 3.63) is 0 Å². The molecule has 0 aromatic carbocycles. The molecule has 2 atom stereocenters. The molecule has 16 heavy (non-hydrogen) atoms. The van der Waals surface area contributed by atoms with Gasteiger partial charge in [0.15, 0.2) is 0 Å². The molecule has 2 unspecified atom stereocenters. The van der Waals surface area contributed by atoms with Crippen LogP contribution in [0.3, 0.4) is 0 Å². The SMILES string of the molecule is CC(C)(C)C1=NC2CCCC3(COC3)C2C1. The lowest BCUT2D eigenvalue weighted by Crippen LogP contribution is -2.53. The van der Waals surface area contributed by atoms with Crippen molar-refractivity contribution in [2.24, 2.45) is 21.7 Å². The first kappa shape index (κ1) is 10.8. The molecule has 1 spiro atoms. The number of fused-ring (bicyclic) bond motifs is 2. The lowest BCUT2D eigenvalue weighted by atomic mass is 9.62. The van der Waals surface area contributed by atoms with Gasteiger partial charge in [-0.15, -0.1) is 0 Å². The van der Waals surface area contributed by atoms with Crippen molar-refractivity contribution in [2.45, 2.75) is 52.5 Å². The normalized spacial score (nSPS) is 36.8. The number of rotatable bonds is 0. The third kappa shape index (κ3) is 1.46. The van der Waals surface area contributed by atoms with Crippen molar-refractivity contribution in [3.8, 4) is 0 Å². The van der Waals surface area contributed by atoms with E-state index in [1.807, 2.05) is 0 Å². The van der Waals surface area contributed by atoms with Crippen molar-refractivity contribution in [1.82, 2.24) is 0 Å². The van der Waals surface area contributed by atoms with Crippen LogP contribution in [0.5, 0.6) is 0 Å². The summed E-state index contributed by atoms with van der Waals surface area (Å²) in [6.45, 7) is 8.90. The first-order valence-electron chi connectivity index (χ1n) is 6.66. The molecule has 0 amide bonds. The van der Waals surface area contributed by atoms with E-state index in [0.29, 0.717) is 11.5 Å². The minimum Gasteiger partial charge on any atom is -0.380 e. The largest absolute Gasteiger partial charge is 0.380 e. The Kier molecular flexibility index (Phi) is 2.23. The third-order valence-electron chi connectivity index (χ3n) is 4.81. The fourth-order valence-electron chi connectivity index (χ4n) is 3.65. The van der Waals surface area contributed by atoms with E-state index in [9.17, 15) is 0 Å². The van der Waals surface area contributed by atoms with Gasteiger partial charge in [-0.05, 0) is 30.6 Å². The smallest absolute Gasteiger partial charge is 0.0548 e. The second kappa shape index (κ2) is 3.32. The van der Waals surface area contributed by atoms with Crippen LogP contribution in [-0.4, -0.2) is 25.0 Å². The third-order valence-corrected chi connectivity index (χ3v) is 4.81. The summed E-state index contributed by atoms with van der Waals surface area (Å²) in [5.41, 5.74) is 2.23. The average molecular weight is 221 g/mol. The average Bonchev–Trinajstić information content (AvgIpc) is 2.57. The van der Waals surface area contributed by atoms with Crippen LogP contribution in [0.25, 0.3) is 0 Å². The molecule has 0 radical (unpaired) electrons. The van der Waals surface area contributed by atoms with Gasteiger partial charge in [0.05, 0.1) is 19.3 Å². The fraction of sp³-hybridized carbons (Fsp3) is 0.929. The molecule has 2 nitrogen and oxygen atoms in total. The van der Waals surface area contributed by atoms with Gasteiger partial charge in [-0.1, -0.05) is 27.2 Å². The molecule has 1 saturated heterocycles. The Morgan fingerprint density at radius 1 is 1.31 bits per heavy atom. The molecule has 2 heterocycles. The molecule has 1 aliphatic carbocycles. The van der Waals surface area contributed by atoms with E-state index in [1.54, 1.807) is 0 Å². The highest BCUT2D eigenvalue weighted by molar-refractivity contribution is 5.91. The van der Waals surface area contributed by atoms with Gasteiger partial charge in [0.1, 0.15) is 0 Å². The van der Waals surface area contributed by atoms with Crippen molar-refractivity contribution in [2.75, 3.05) is 13.2 Å². The molecule has 0 aromatic rings. The standard InChI is InChI=1S/C14H23NO/c1-13(2,3)12-7-10-11(15-12)5-4-6-14(10)8-16-9-14/h10-11H,4-9H2,1-3H3. The molecular formula is C14H23NO. The zero-order valence-corrected chi connectivity index (χ0v) is 10.8. The van der Waals surface area contributed by atoms with Crippen molar-refractivity contribution < 1.29 is 4.74 Å². The van der Waals surface area contributed by atoms with Crippen molar-refractivity contribution in [1.29, 1.82) is 0 Å². The van der Waals surface area contributed by atoms with Crippen LogP contribution in [-0.2, 0) is 4.74 Å². The van der Waals surface area contributed by atoms with E-state index in [-0.39, 0.29) is 5.41 Å². The molecule has 2 aliphatic heterocycles. The number of aliphatic imine (C=N–C) groups is 1. The summed E-state index contributed by atoms with van der Waals surface area (Å²) in [4.78, 5) is 5.02. The van der Waals surface area contributed by atoms with E-state index in [4.69, 9.17) is 9.73 Å². The highest BCUT2D eigenvalue weighted by Crippen LogP contribution is 2.52. The maximum Gasteiger partial charge on any atom is 0.0548 e. The van der Waals surface area contributed by atoms with E-state index in [2.05, 4.69) is 20.8 Å². The summed E-state index contributed by atoms with van der Waals surface area (Å²) in [5.74, 6) is 0.796. The first-order valence-corrected chi connectivity index (χ1v) is 6.66. The molecule has 2 fully saturated rings. The first-order chi connectivity index (χ1) is 7.51. The lowest BCUT2D eigenvalue weighted by molar-refractivity contribution is -0.162. The molecule has 3 aliphatic rings. The van der Waals surface area contributed by atoms with Gasteiger partial charge in [-0.3, -0.25) is 4.99 Å². The Balaban J connectivity index is 1.83. The fourth-order valence-corrected chi connectivity index (χ4v) is 3.65. The zero-order valence-electron chi connectivity index (χ0n) is 10.8. The van der Waals surface area contributed by atoms with E-state index in [1.165, 1.54) is 31.4 Å². The van der Waals surface area contributed by atoms with Crippen LogP contribution in [0, 0.1) is 16.7 Å². The Hall–Kier alpha value is -0.370. The summed E-state index contributed by atoms with van der Waals surface area (Å²) in [5, 5.41) is 0. The Labute approximate surface area is 98.5 Å². The van der Waals surface area contributed by atoms with Crippen LogP contribution >= 0.6 is 0 Å². The molecule has 0 aromatic heterocycles. The second-order valence-electron chi connectivity index (χ2n) is 6.95. The van der Waals surface area contributed by atoms with Crippen molar-refractivity contribution >= 4 is 5.71 Å². The van der Waals surface area contributed by atoms with Gasteiger partial charge in [-0.25, -0.2) is 0 Å². The molecule has 0 bridgehead atoms. The highest BCUT2D eigenvalue weighted by atomic mass is 16.5. The minimum atomic E-state index is 0.267. The second-order valence-corrected chi connectivity index (χ2v) is 6.95. The zero-order chi connectivity index (χ0) is 11.4. The van der Waals surface area contributed by atoms with Crippen LogP contribution < -0.4 is 0 Å².